The monoisotopic (exact) mass is 476 g/mol. The molecule has 3 heterocycles. The van der Waals surface area contributed by atoms with Crippen molar-refractivity contribution in [3.05, 3.63) is 60.6 Å². The summed E-state index contributed by atoms with van der Waals surface area (Å²) in [5.41, 5.74) is 1.71. The van der Waals surface area contributed by atoms with Crippen LogP contribution in [-0.2, 0) is 25.7 Å². The number of amides is 2. The molecule has 1 aliphatic rings. The van der Waals surface area contributed by atoms with Crippen LogP contribution in [0.3, 0.4) is 0 Å². The zero-order chi connectivity index (χ0) is 24.5. The Morgan fingerprint density at radius 2 is 1.97 bits per heavy atom. The van der Waals surface area contributed by atoms with E-state index in [1.165, 1.54) is 20.3 Å². The van der Waals surface area contributed by atoms with Gasteiger partial charge in [0.2, 0.25) is 5.91 Å². The maximum Gasteiger partial charge on any atom is 0.312 e. The van der Waals surface area contributed by atoms with Gasteiger partial charge in [0.25, 0.3) is 5.91 Å². The Balaban J connectivity index is 1.25. The number of esters is 1. The third-order valence-electron chi connectivity index (χ3n) is 6.09. The molecule has 2 atom stereocenters. The number of likely N-dealkylation sites (tertiary alicyclic amines) is 1. The Kier molecular flexibility index (Phi) is 5.90. The van der Waals surface area contributed by atoms with E-state index in [1.807, 2.05) is 24.3 Å². The molecule has 1 fully saturated rings. The van der Waals surface area contributed by atoms with E-state index in [9.17, 15) is 14.4 Å². The maximum atomic E-state index is 12.8. The van der Waals surface area contributed by atoms with Gasteiger partial charge in [0.1, 0.15) is 22.7 Å². The van der Waals surface area contributed by atoms with E-state index in [4.69, 9.17) is 18.3 Å². The van der Waals surface area contributed by atoms with Gasteiger partial charge >= 0.3 is 5.97 Å². The van der Waals surface area contributed by atoms with Crippen molar-refractivity contribution >= 4 is 45.4 Å². The Bertz CT molecular complexity index is 1410. The molecule has 0 radical (unpaired) electrons. The summed E-state index contributed by atoms with van der Waals surface area (Å²) in [4.78, 5) is 39.3. The second kappa shape index (κ2) is 9.17. The smallest absolute Gasteiger partial charge is 0.312 e. The van der Waals surface area contributed by atoms with Crippen molar-refractivity contribution < 1.29 is 32.7 Å². The summed E-state index contributed by atoms with van der Waals surface area (Å²) < 4.78 is 22.0. The molecule has 2 aromatic carbocycles. The van der Waals surface area contributed by atoms with Gasteiger partial charge in [0.05, 0.1) is 31.5 Å². The molecule has 2 aromatic heterocycles. The number of ether oxygens (including phenoxy) is 2. The SMILES string of the molecule is COc1cc2c(cc1NC(=O)[C@@H](C)OC(=O)[C@H]1CC(=O)N(Cc3ccco3)C1)oc1ccccc12. The van der Waals surface area contributed by atoms with Gasteiger partial charge in [-0.15, -0.1) is 0 Å². The average molecular weight is 476 g/mol. The minimum Gasteiger partial charge on any atom is -0.495 e. The molecule has 0 bridgehead atoms. The fourth-order valence-corrected chi connectivity index (χ4v) is 4.25. The van der Waals surface area contributed by atoms with Crippen LogP contribution in [0.1, 0.15) is 19.1 Å². The van der Waals surface area contributed by atoms with Crippen LogP contribution in [0, 0.1) is 5.92 Å². The van der Waals surface area contributed by atoms with Crippen LogP contribution < -0.4 is 10.1 Å². The van der Waals surface area contributed by atoms with Crippen LogP contribution in [0.4, 0.5) is 5.69 Å². The summed E-state index contributed by atoms with van der Waals surface area (Å²) in [5, 5.41) is 4.55. The van der Waals surface area contributed by atoms with Crippen molar-refractivity contribution in [2.45, 2.75) is 26.0 Å². The molecule has 0 spiro atoms. The summed E-state index contributed by atoms with van der Waals surface area (Å²) in [7, 11) is 1.51. The zero-order valence-electron chi connectivity index (χ0n) is 19.3. The minimum absolute atomic E-state index is 0.0322. The lowest BCUT2D eigenvalue weighted by Crippen LogP contribution is -2.33. The second-order valence-corrected chi connectivity index (χ2v) is 8.47. The number of methoxy groups -OCH3 is 1. The summed E-state index contributed by atoms with van der Waals surface area (Å²) in [6.45, 7) is 1.98. The first-order valence-electron chi connectivity index (χ1n) is 11.2. The lowest BCUT2D eigenvalue weighted by molar-refractivity contribution is -0.157. The van der Waals surface area contributed by atoms with E-state index in [2.05, 4.69) is 5.32 Å². The highest BCUT2D eigenvalue weighted by Crippen LogP contribution is 2.36. The first-order valence-corrected chi connectivity index (χ1v) is 11.2. The van der Waals surface area contributed by atoms with Gasteiger partial charge in [-0.2, -0.15) is 0 Å². The van der Waals surface area contributed by atoms with Crippen molar-refractivity contribution in [2.24, 2.45) is 5.92 Å². The fourth-order valence-electron chi connectivity index (χ4n) is 4.25. The van der Waals surface area contributed by atoms with Gasteiger partial charge in [-0.05, 0) is 31.2 Å². The lowest BCUT2D eigenvalue weighted by atomic mass is 10.1. The summed E-state index contributed by atoms with van der Waals surface area (Å²) in [6, 6.07) is 14.6. The molecular formula is C26H24N2O7. The molecule has 9 heteroatoms. The number of nitrogens with one attached hydrogen (secondary N) is 1. The Hall–Kier alpha value is -4.27. The van der Waals surface area contributed by atoms with Gasteiger partial charge in [-0.3, -0.25) is 14.4 Å². The molecule has 2 amide bonds. The van der Waals surface area contributed by atoms with Crippen molar-refractivity contribution in [3.63, 3.8) is 0 Å². The third kappa shape index (κ3) is 4.44. The molecule has 1 N–H and O–H groups in total. The summed E-state index contributed by atoms with van der Waals surface area (Å²) >= 11 is 0. The summed E-state index contributed by atoms with van der Waals surface area (Å²) in [5.74, 6) is -0.841. The molecule has 1 aliphatic heterocycles. The molecule has 180 valence electrons. The highest BCUT2D eigenvalue weighted by molar-refractivity contribution is 6.08. The highest BCUT2D eigenvalue weighted by Gasteiger charge is 2.37. The number of anilines is 1. The van der Waals surface area contributed by atoms with Crippen molar-refractivity contribution in [2.75, 3.05) is 19.0 Å². The van der Waals surface area contributed by atoms with Crippen LogP contribution >= 0.6 is 0 Å². The Morgan fingerprint density at radius 1 is 1.14 bits per heavy atom. The first-order chi connectivity index (χ1) is 16.9. The number of benzene rings is 2. The van der Waals surface area contributed by atoms with E-state index in [0.717, 1.165) is 16.4 Å². The molecular weight excluding hydrogens is 452 g/mol. The minimum atomic E-state index is -1.08. The zero-order valence-corrected chi connectivity index (χ0v) is 19.3. The van der Waals surface area contributed by atoms with E-state index in [1.54, 1.807) is 29.2 Å². The maximum absolute atomic E-state index is 12.8. The highest BCUT2D eigenvalue weighted by atomic mass is 16.5. The quantitative estimate of drug-likeness (QED) is 0.400. The molecule has 0 unspecified atom stereocenters. The van der Waals surface area contributed by atoms with E-state index >= 15 is 0 Å². The standard InChI is InChI=1S/C26H24N2O7/c1-15(34-26(31)16-10-24(29)28(13-16)14-17-6-5-9-33-17)25(30)27-20-12-22-19(11-23(20)32-2)18-7-3-4-8-21(18)35-22/h3-9,11-12,15-16H,10,13-14H2,1-2H3,(H,27,30)/t15-,16+/m1/s1. The predicted molar refractivity (Wildman–Crippen MR) is 127 cm³/mol. The van der Waals surface area contributed by atoms with Crippen molar-refractivity contribution in [1.82, 2.24) is 4.90 Å². The predicted octanol–water partition coefficient (Wildman–Crippen LogP) is 4.11. The third-order valence-corrected chi connectivity index (χ3v) is 6.09. The summed E-state index contributed by atoms with van der Waals surface area (Å²) in [6.07, 6.45) is 0.487. The van der Waals surface area contributed by atoms with Crippen LogP contribution in [0.15, 0.2) is 63.6 Å². The van der Waals surface area contributed by atoms with Gasteiger partial charge in [-0.25, -0.2) is 0 Å². The number of para-hydroxylation sites is 1. The van der Waals surface area contributed by atoms with Crippen LogP contribution in [0.5, 0.6) is 5.75 Å². The van der Waals surface area contributed by atoms with Crippen LogP contribution in [-0.4, -0.2) is 42.4 Å². The van der Waals surface area contributed by atoms with Crippen LogP contribution in [0.2, 0.25) is 0 Å². The topological polar surface area (TPSA) is 111 Å². The van der Waals surface area contributed by atoms with Gasteiger partial charge in [0, 0.05) is 29.8 Å². The van der Waals surface area contributed by atoms with E-state index < -0.39 is 23.9 Å². The number of nitrogens with zero attached hydrogens (tertiary/aromatic N) is 1. The number of hydrogen-bond acceptors (Lipinski definition) is 7. The van der Waals surface area contributed by atoms with Crippen molar-refractivity contribution in [1.29, 1.82) is 0 Å². The normalized spacial score (nSPS) is 16.6. The number of carbonyl (C=O) groups excluding carboxylic acids is 3. The Labute approximate surface area is 200 Å². The molecule has 0 saturated carbocycles. The number of carbonyl (C=O) groups is 3. The number of fused-ring (bicyclic) bond motifs is 3. The molecule has 5 rings (SSSR count). The van der Waals surface area contributed by atoms with Gasteiger partial charge in [0.15, 0.2) is 6.10 Å². The molecule has 0 aliphatic carbocycles. The first kappa shape index (κ1) is 22.5. The number of hydrogen-bond donors (Lipinski definition) is 1. The second-order valence-electron chi connectivity index (χ2n) is 8.47. The van der Waals surface area contributed by atoms with E-state index in [-0.39, 0.29) is 25.4 Å². The van der Waals surface area contributed by atoms with E-state index in [0.29, 0.717) is 22.8 Å². The number of furan rings is 2. The number of rotatable bonds is 7. The van der Waals surface area contributed by atoms with Crippen molar-refractivity contribution in [3.8, 4) is 5.75 Å². The fraction of sp³-hybridized carbons (Fsp3) is 0.269. The average Bonchev–Trinajstić information content (AvgIpc) is 3.58. The molecule has 9 nitrogen and oxygen atoms in total. The van der Waals surface area contributed by atoms with Gasteiger partial charge in [-0.1, -0.05) is 18.2 Å². The molecule has 1 saturated heterocycles. The van der Waals surface area contributed by atoms with Gasteiger partial charge < -0.3 is 28.5 Å². The largest absolute Gasteiger partial charge is 0.495 e. The Morgan fingerprint density at radius 3 is 2.74 bits per heavy atom. The lowest BCUT2D eigenvalue weighted by Gasteiger charge is -2.18. The van der Waals surface area contributed by atoms with Crippen LogP contribution in [0.25, 0.3) is 21.9 Å². The molecule has 4 aromatic rings. The molecule has 35 heavy (non-hydrogen) atoms.